The first-order chi connectivity index (χ1) is 13.2. The van der Waals surface area contributed by atoms with E-state index in [2.05, 4.69) is 77.8 Å². The van der Waals surface area contributed by atoms with Gasteiger partial charge in [-0.2, -0.15) is 4.39 Å². The van der Waals surface area contributed by atoms with Crippen LogP contribution in [0.1, 0.15) is 5.56 Å². The van der Waals surface area contributed by atoms with E-state index in [0.29, 0.717) is 0 Å². The van der Waals surface area contributed by atoms with Crippen LogP contribution in [-0.2, 0) is 0 Å². The van der Waals surface area contributed by atoms with Crippen LogP contribution in [-0.4, -0.2) is 4.98 Å². The quantitative estimate of drug-likeness (QED) is 0.387. The van der Waals surface area contributed by atoms with Gasteiger partial charge in [-0.25, -0.2) is 4.98 Å². The lowest BCUT2D eigenvalue weighted by Crippen LogP contribution is -2.39. The molecule has 4 aromatic rings. The summed E-state index contributed by atoms with van der Waals surface area (Å²) in [6, 6.07) is 33.0. The summed E-state index contributed by atoms with van der Waals surface area (Å²) in [5.74, 6) is -0.442. The molecular formula is C24H20FNP+. The Morgan fingerprint density at radius 1 is 0.667 bits per heavy atom. The minimum absolute atomic E-state index is 0.442. The van der Waals surface area contributed by atoms with Crippen LogP contribution in [0.3, 0.4) is 0 Å². The van der Waals surface area contributed by atoms with Crippen molar-refractivity contribution in [3.05, 3.63) is 115 Å². The topological polar surface area (TPSA) is 12.9 Å². The third-order valence-corrected chi connectivity index (χ3v) is 9.26. The molecule has 1 nitrogen and oxygen atoms in total. The fraction of sp³-hybridized carbons (Fsp3) is 0.0417. The Kier molecular flexibility index (Phi) is 4.83. The van der Waals surface area contributed by atoms with Crippen molar-refractivity contribution in [2.75, 3.05) is 0 Å². The number of hydrogen-bond acceptors (Lipinski definition) is 1. The zero-order valence-electron chi connectivity index (χ0n) is 15.1. The van der Waals surface area contributed by atoms with Crippen molar-refractivity contribution in [1.82, 2.24) is 4.98 Å². The highest BCUT2D eigenvalue weighted by molar-refractivity contribution is 8.01. The van der Waals surface area contributed by atoms with Crippen molar-refractivity contribution in [3.63, 3.8) is 0 Å². The Morgan fingerprint density at radius 2 is 1.07 bits per heavy atom. The van der Waals surface area contributed by atoms with Crippen LogP contribution in [0.2, 0.25) is 0 Å². The summed E-state index contributed by atoms with van der Waals surface area (Å²) in [5, 5.41) is 4.63. The summed E-state index contributed by atoms with van der Waals surface area (Å²) >= 11 is 0. The van der Waals surface area contributed by atoms with Crippen molar-refractivity contribution < 1.29 is 4.39 Å². The number of pyridine rings is 1. The maximum Gasteiger partial charge on any atom is 0.216 e. The van der Waals surface area contributed by atoms with E-state index >= 15 is 0 Å². The maximum atomic E-state index is 14.3. The first kappa shape index (κ1) is 17.6. The Balaban J connectivity index is 2.18. The molecule has 0 aliphatic heterocycles. The van der Waals surface area contributed by atoms with E-state index in [4.69, 9.17) is 0 Å². The van der Waals surface area contributed by atoms with Crippen LogP contribution in [0, 0.1) is 12.9 Å². The third kappa shape index (κ3) is 3.07. The second-order valence-corrected chi connectivity index (χ2v) is 9.84. The fourth-order valence-corrected chi connectivity index (χ4v) is 8.14. The summed E-state index contributed by atoms with van der Waals surface area (Å²) in [6.07, 6.45) is 1.65. The van der Waals surface area contributed by atoms with Gasteiger partial charge in [-0.1, -0.05) is 54.6 Å². The largest absolute Gasteiger partial charge is 0.228 e. The number of halogens is 1. The number of benzene rings is 3. The van der Waals surface area contributed by atoms with Gasteiger partial charge in [0.25, 0.3) is 0 Å². The molecule has 0 unspecified atom stereocenters. The number of aromatic nitrogens is 1. The third-order valence-electron chi connectivity index (χ3n) is 4.83. The molecule has 0 spiro atoms. The Hall–Kier alpha value is -2.83. The Bertz CT molecular complexity index is 937. The standard InChI is InChI=1S/C24H20FNP/c1-19-18-26-24(25)17-23(19)27(20-11-5-2-6-12-20,21-13-7-3-8-14-21)22-15-9-4-10-16-22/h2-18H,1H3/q+1. The van der Waals surface area contributed by atoms with E-state index in [0.717, 1.165) is 10.9 Å². The number of rotatable bonds is 4. The molecule has 0 aliphatic carbocycles. The highest BCUT2D eigenvalue weighted by atomic mass is 31.2. The zero-order valence-corrected chi connectivity index (χ0v) is 16.0. The lowest BCUT2D eigenvalue weighted by atomic mass is 10.3. The highest BCUT2D eigenvalue weighted by Crippen LogP contribution is 2.54. The van der Waals surface area contributed by atoms with Gasteiger partial charge in [-0.3, -0.25) is 0 Å². The molecule has 27 heavy (non-hydrogen) atoms. The van der Waals surface area contributed by atoms with E-state index in [9.17, 15) is 4.39 Å². The van der Waals surface area contributed by atoms with E-state index in [1.165, 1.54) is 15.9 Å². The van der Waals surface area contributed by atoms with E-state index in [1.807, 2.05) is 25.1 Å². The summed E-state index contributed by atoms with van der Waals surface area (Å²) in [7, 11) is -2.25. The molecule has 1 aromatic heterocycles. The van der Waals surface area contributed by atoms with E-state index in [1.54, 1.807) is 12.3 Å². The van der Waals surface area contributed by atoms with Crippen molar-refractivity contribution in [1.29, 1.82) is 0 Å². The molecule has 0 aliphatic rings. The Morgan fingerprint density at radius 3 is 1.48 bits per heavy atom. The monoisotopic (exact) mass is 372 g/mol. The second-order valence-electron chi connectivity index (χ2n) is 6.47. The van der Waals surface area contributed by atoms with E-state index < -0.39 is 13.2 Å². The molecule has 3 heteroatoms. The van der Waals surface area contributed by atoms with E-state index in [-0.39, 0.29) is 0 Å². The molecule has 0 saturated heterocycles. The van der Waals surface area contributed by atoms with Crippen LogP contribution < -0.4 is 21.2 Å². The van der Waals surface area contributed by atoms with Crippen molar-refractivity contribution >= 4 is 28.5 Å². The minimum Gasteiger partial charge on any atom is -0.228 e. The summed E-state index contributed by atoms with van der Waals surface area (Å²) in [5.41, 5.74) is 1.00. The second kappa shape index (κ2) is 7.42. The molecule has 3 aromatic carbocycles. The van der Waals surface area contributed by atoms with Gasteiger partial charge in [-0.05, 0) is 43.3 Å². The SMILES string of the molecule is Cc1cnc(F)cc1[P+](c1ccccc1)(c1ccccc1)c1ccccc1. The molecule has 0 fully saturated rings. The molecular weight excluding hydrogens is 352 g/mol. The van der Waals surface area contributed by atoms with Crippen LogP contribution in [0.4, 0.5) is 4.39 Å². The number of nitrogens with zero attached hydrogens (tertiary/aromatic N) is 1. The van der Waals surface area contributed by atoms with Crippen molar-refractivity contribution in [2.45, 2.75) is 6.92 Å². The first-order valence-corrected chi connectivity index (χ1v) is 10.7. The average Bonchev–Trinajstić information content (AvgIpc) is 2.73. The lowest BCUT2D eigenvalue weighted by Gasteiger charge is -2.28. The molecule has 0 bridgehead atoms. The molecule has 0 saturated carbocycles. The minimum atomic E-state index is -2.25. The van der Waals surface area contributed by atoms with Gasteiger partial charge < -0.3 is 0 Å². The summed E-state index contributed by atoms with van der Waals surface area (Å²) in [4.78, 5) is 3.88. The van der Waals surface area contributed by atoms with Gasteiger partial charge >= 0.3 is 0 Å². The number of aryl methyl sites for hydroxylation is 1. The molecule has 132 valence electrons. The average molecular weight is 372 g/mol. The molecule has 0 amide bonds. The molecule has 0 atom stereocenters. The maximum absolute atomic E-state index is 14.3. The predicted molar refractivity (Wildman–Crippen MR) is 114 cm³/mol. The van der Waals surface area contributed by atoms with Crippen LogP contribution in [0.25, 0.3) is 0 Å². The Labute approximate surface area is 159 Å². The van der Waals surface area contributed by atoms with Gasteiger partial charge in [0.15, 0.2) is 0 Å². The first-order valence-electron chi connectivity index (χ1n) is 8.91. The summed E-state index contributed by atoms with van der Waals surface area (Å²) < 4.78 is 14.3. The molecule has 4 rings (SSSR count). The zero-order chi connectivity index (χ0) is 18.7. The van der Waals surface area contributed by atoms with Crippen molar-refractivity contribution in [2.24, 2.45) is 0 Å². The van der Waals surface area contributed by atoms with Crippen LogP contribution >= 0.6 is 7.26 Å². The fourth-order valence-electron chi connectivity index (χ4n) is 3.67. The molecule has 0 N–H and O–H groups in total. The van der Waals surface area contributed by atoms with Gasteiger partial charge in [-0.15, -0.1) is 0 Å². The lowest BCUT2D eigenvalue weighted by molar-refractivity contribution is 0.584. The normalized spacial score (nSPS) is 11.3. The van der Waals surface area contributed by atoms with Gasteiger partial charge in [0.2, 0.25) is 5.95 Å². The van der Waals surface area contributed by atoms with Gasteiger partial charge in [0.05, 0.1) is 0 Å². The molecule has 1 heterocycles. The highest BCUT2D eigenvalue weighted by Gasteiger charge is 2.49. The van der Waals surface area contributed by atoms with Crippen molar-refractivity contribution in [3.8, 4) is 0 Å². The van der Waals surface area contributed by atoms with Gasteiger partial charge in [0.1, 0.15) is 28.5 Å². The van der Waals surface area contributed by atoms with Crippen LogP contribution in [0.15, 0.2) is 103 Å². The van der Waals surface area contributed by atoms with Gasteiger partial charge in [0, 0.05) is 17.8 Å². The summed E-state index contributed by atoms with van der Waals surface area (Å²) in [6.45, 7) is 2.02. The number of hydrogen-bond donors (Lipinski definition) is 0. The predicted octanol–water partition coefficient (Wildman–Crippen LogP) is 4.15. The smallest absolute Gasteiger partial charge is 0.216 e. The molecule has 0 radical (unpaired) electrons. The van der Waals surface area contributed by atoms with Crippen LogP contribution in [0.5, 0.6) is 0 Å².